The molecule has 166 valence electrons. The van der Waals surface area contributed by atoms with E-state index in [1.165, 1.54) is 12.1 Å². The van der Waals surface area contributed by atoms with Gasteiger partial charge < -0.3 is 14.6 Å². The third-order valence-electron chi connectivity index (χ3n) is 4.97. The van der Waals surface area contributed by atoms with Gasteiger partial charge in [0, 0.05) is 44.6 Å². The van der Waals surface area contributed by atoms with Gasteiger partial charge in [-0.25, -0.2) is 0 Å². The average Bonchev–Trinajstić information content (AvgIpc) is 3.15. The van der Waals surface area contributed by atoms with Gasteiger partial charge in [0.05, 0.1) is 16.9 Å². The molecule has 1 amide bonds. The number of aliphatic imine (C=N–C) groups is 1. The second kappa shape index (κ2) is 9.38. The van der Waals surface area contributed by atoms with Crippen LogP contribution >= 0.6 is 0 Å². The lowest BCUT2D eigenvalue weighted by Crippen LogP contribution is -2.47. The molecular weight excluding hydrogens is 409 g/mol. The maximum absolute atomic E-state index is 13.3. The predicted octanol–water partition coefficient (Wildman–Crippen LogP) is 4.59. The van der Waals surface area contributed by atoms with Gasteiger partial charge in [0.1, 0.15) is 5.76 Å². The fourth-order valence-electron chi connectivity index (χ4n) is 3.46. The number of halogens is 3. The minimum atomic E-state index is -4.52. The number of alkyl halides is 3. The van der Waals surface area contributed by atoms with E-state index in [-0.39, 0.29) is 11.4 Å². The van der Waals surface area contributed by atoms with Crippen molar-refractivity contribution in [1.29, 1.82) is 0 Å². The van der Waals surface area contributed by atoms with Crippen LogP contribution in [0.3, 0.4) is 0 Å². The van der Waals surface area contributed by atoms with Crippen molar-refractivity contribution in [3.63, 3.8) is 0 Å². The zero-order chi connectivity index (χ0) is 22.6. The zero-order valence-electron chi connectivity index (χ0n) is 17.5. The summed E-state index contributed by atoms with van der Waals surface area (Å²) in [6, 6.07) is 6.52. The van der Waals surface area contributed by atoms with Gasteiger partial charge in [0.15, 0.2) is 5.76 Å². The zero-order valence-corrected chi connectivity index (χ0v) is 17.5. The lowest BCUT2D eigenvalue weighted by atomic mass is 10.1. The number of furan rings is 1. The number of amides is 1. The Morgan fingerprint density at radius 3 is 2.52 bits per heavy atom. The van der Waals surface area contributed by atoms with E-state index in [0.717, 1.165) is 17.8 Å². The van der Waals surface area contributed by atoms with E-state index in [1.54, 1.807) is 19.2 Å². The first-order valence-electron chi connectivity index (χ1n) is 9.90. The Labute approximate surface area is 179 Å². The van der Waals surface area contributed by atoms with E-state index >= 15 is 0 Å². The molecule has 31 heavy (non-hydrogen) atoms. The van der Waals surface area contributed by atoms with Crippen molar-refractivity contribution in [3.8, 4) is 0 Å². The van der Waals surface area contributed by atoms with Gasteiger partial charge >= 0.3 is 6.18 Å². The molecule has 0 saturated carbocycles. The van der Waals surface area contributed by atoms with Crippen molar-refractivity contribution < 1.29 is 22.4 Å². The Hall–Kier alpha value is -3.07. The summed E-state index contributed by atoms with van der Waals surface area (Å²) >= 11 is 0. The first-order chi connectivity index (χ1) is 14.7. The molecular formula is C22H25F3N4O2. The highest BCUT2D eigenvalue weighted by Gasteiger charge is 2.32. The number of aryl methyl sites for hydroxylation is 1. The summed E-state index contributed by atoms with van der Waals surface area (Å²) < 4.78 is 45.1. The summed E-state index contributed by atoms with van der Waals surface area (Å²) in [6.45, 7) is 10.6. The number of nitrogens with one attached hydrogen (secondary N) is 1. The lowest BCUT2D eigenvalue weighted by molar-refractivity contribution is -0.137. The predicted molar refractivity (Wildman–Crippen MR) is 115 cm³/mol. The molecule has 1 fully saturated rings. The van der Waals surface area contributed by atoms with Crippen molar-refractivity contribution >= 4 is 23.5 Å². The molecule has 2 aromatic rings. The summed E-state index contributed by atoms with van der Waals surface area (Å²) in [5.74, 6) is -0.0127. The number of anilines is 2. The molecule has 9 heteroatoms. The van der Waals surface area contributed by atoms with Crippen LogP contribution < -0.4 is 10.2 Å². The summed E-state index contributed by atoms with van der Waals surface area (Å²) in [5, 5.41) is 2.59. The van der Waals surface area contributed by atoms with E-state index in [9.17, 15) is 18.0 Å². The van der Waals surface area contributed by atoms with Crippen molar-refractivity contribution in [2.45, 2.75) is 20.0 Å². The summed E-state index contributed by atoms with van der Waals surface area (Å²) in [6.07, 6.45) is -2.83. The first kappa shape index (κ1) is 22.6. The Kier molecular flexibility index (Phi) is 6.84. The third-order valence-corrected chi connectivity index (χ3v) is 4.97. The van der Waals surface area contributed by atoms with Crippen molar-refractivity contribution in [2.75, 3.05) is 42.9 Å². The van der Waals surface area contributed by atoms with E-state index in [4.69, 9.17) is 4.42 Å². The largest absolute Gasteiger partial charge is 0.456 e. The van der Waals surface area contributed by atoms with Gasteiger partial charge in [0.2, 0.25) is 0 Å². The van der Waals surface area contributed by atoms with Crippen LogP contribution in [0.1, 0.15) is 28.8 Å². The molecule has 0 unspecified atom stereocenters. The maximum atomic E-state index is 13.3. The number of hydrogen-bond acceptors (Lipinski definition) is 5. The quantitative estimate of drug-likeness (QED) is 0.676. The highest BCUT2D eigenvalue weighted by atomic mass is 19.4. The number of piperazine rings is 1. The van der Waals surface area contributed by atoms with Crippen molar-refractivity contribution in [2.24, 2.45) is 4.99 Å². The second-order valence-electron chi connectivity index (χ2n) is 7.31. The molecule has 1 aromatic carbocycles. The molecule has 0 spiro atoms. The Morgan fingerprint density at radius 1 is 1.23 bits per heavy atom. The van der Waals surface area contributed by atoms with E-state index in [2.05, 4.69) is 21.8 Å². The average molecular weight is 434 g/mol. The molecule has 1 aliphatic heterocycles. The Balaban J connectivity index is 1.79. The minimum Gasteiger partial charge on any atom is -0.456 e. The lowest BCUT2D eigenvalue weighted by Gasteiger charge is -2.37. The SMILES string of the molecule is C=C(CN1CCN(c2ccc(C(F)(F)F)cc2NC(=O)c2ccc(C)o2)CC1)N=CC. The normalized spacial score (nSPS) is 15.5. The standard InChI is InChI=1S/C22H25F3N4O2/c1-4-26-15(2)14-28-9-11-29(12-10-28)19-7-6-17(22(23,24)25)13-18(19)27-21(30)20-8-5-16(3)31-20/h4-8,13H,2,9-12,14H2,1,3H3,(H,27,30). The van der Waals surface area contributed by atoms with Crippen LogP contribution in [0.2, 0.25) is 0 Å². The van der Waals surface area contributed by atoms with Gasteiger partial charge in [-0.05, 0) is 44.2 Å². The summed E-state index contributed by atoms with van der Waals surface area (Å²) in [7, 11) is 0. The first-order valence-corrected chi connectivity index (χ1v) is 9.90. The number of nitrogens with zero attached hydrogens (tertiary/aromatic N) is 3. The molecule has 0 aliphatic carbocycles. The Morgan fingerprint density at radius 2 is 1.94 bits per heavy atom. The molecule has 0 bridgehead atoms. The van der Waals surface area contributed by atoms with Gasteiger partial charge in [0.25, 0.3) is 5.91 Å². The molecule has 1 aromatic heterocycles. The van der Waals surface area contributed by atoms with Crippen molar-refractivity contribution in [3.05, 3.63) is 59.7 Å². The maximum Gasteiger partial charge on any atom is 0.416 e. The van der Waals surface area contributed by atoms with E-state index in [1.807, 2.05) is 11.8 Å². The molecule has 1 saturated heterocycles. The van der Waals surface area contributed by atoms with E-state index in [0.29, 0.717) is 44.2 Å². The van der Waals surface area contributed by atoms with Gasteiger partial charge in [-0.1, -0.05) is 6.58 Å². The molecule has 1 N–H and O–H groups in total. The number of carbonyl (C=O) groups is 1. The van der Waals surface area contributed by atoms with Gasteiger partial charge in [-0.2, -0.15) is 13.2 Å². The molecule has 6 nitrogen and oxygen atoms in total. The Bertz CT molecular complexity index is 973. The van der Waals surface area contributed by atoms with Crippen LogP contribution in [0.25, 0.3) is 0 Å². The summed E-state index contributed by atoms with van der Waals surface area (Å²) in [4.78, 5) is 20.8. The molecule has 2 heterocycles. The number of benzene rings is 1. The molecule has 3 rings (SSSR count). The van der Waals surface area contributed by atoms with Gasteiger partial charge in [-0.15, -0.1) is 0 Å². The van der Waals surface area contributed by atoms with E-state index < -0.39 is 17.6 Å². The highest BCUT2D eigenvalue weighted by Crippen LogP contribution is 2.36. The highest BCUT2D eigenvalue weighted by molar-refractivity contribution is 6.04. The number of hydrogen-bond donors (Lipinski definition) is 1. The van der Waals surface area contributed by atoms with Crippen LogP contribution in [-0.2, 0) is 6.18 Å². The monoisotopic (exact) mass is 434 g/mol. The molecule has 0 radical (unpaired) electrons. The number of rotatable bonds is 6. The second-order valence-corrected chi connectivity index (χ2v) is 7.31. The molecule has 0 atom stereocenters. The topological polar surface area (TPSA) is 61.1 Å². The van der Waals surface area contributed by atoms with Crippen LogP contribution in [0.15, 0.2) is 52.0 Å². The smallest absolute Gasteiger partial charge is 0.416 e. The number of carbonyl (C=O) groups excluding carboxylic acids is 1. The van der Waals surface area contributed by atoms with Gasteiger partial charge in [-0.3, -0.25) is 14.7 Å². The van der Waals surface area contributed by atoms with Crippen LogP contribution in [-0.4, -0.2) is 49.7 Å². The van der Waals surface area contributed by atoms with Crippen LogP contribution in [0, 0.1) is 6.92 Å². The minimum absolute atomic E-state index is 0.0423. The van der Waals surface area contributed by atoms with Crippen molar-refractivity contribution in [1.82, 2.24) is 4.90 Å². The fraction of sp³-hybridized carbons (Fsp3) is 0.364. The summed E-state index contributed by atoms with van der Waals surface area (Å²) in [5.41, 5.74) is 0.568. The van der Waals surface area contributed by atoms with Crippen LogP contribution in [0.4, 0.5) is 24.5 Å². The fourth-order valence-corrected chi connectivity index (χ4v) is 3.46. The van der Waals surface area contributed by atoms with Crippen LogP contribution in [0.5, 0.6) is 0 Å². The molecule has 1 aliphatic rings. The third kappa shape index (κ3) is 5.75.